The number of hydrogen-bond acceptors (Lipinski definition) is 1. The largest absolute Gasteiger partial charge is 0.348 e. The van der Waals surface area contributed by atoms with Crippen molar-refractivity contribution in [1.29, 1.82) is 0 Å². The Hall–Kier alpha value is -2.03. The van der Waals surface area contributed by atoms with Crippen LogP contribution >= 0.6 is 0 Å². The molecular weight excluding hydrogens is 308 g/mol. The highest BCUT2D eigenvalue weighted by atomic mass is 16.2. The maximum Gasteiger partial charge on any atom is 0.268 e. The molecule has 1 N–H and O–H groups in total. The predicted octanol–water partition coefficient (Wildman–Crippen LogP) is 4.56. The zero-order valence-corrected chi connectivity index (χ0v) is 16.0. The summed E-state index contributed by atoms with van der Waals surface area (Å²) in [5.41, 5.74) is 7.42. The molecule has 1 aliphatic carbocycles. The summed E-state index contributed by atoms with van der Waals surface area (Å²) in [6.07, 6.45) is 5.58. The van der Waals surface area contributed by atoms with Crippen molar-refractivity contribution >= 4 is 5.91 Å². The topological polar surface area (TPSA) is 34.0 Å². The van der Waals surface area contributed by atoms with Crippen LogP contribution < -0.4 is 5.32 Å². The number of carbonyl (C=O) groups excluding carboxylic acids is 1. The minimum absolute atomic E-state index is 0.0786. The van der Waals surface area contributed by atoms with E-state index in [4.69, 9.17) is 0 Å². The van der Waals surface area contributed by atoms with E-state index in [-0.39, 0.29) is 11.9 Å². The van der Waals surface area contributed by atoms with Gasteiger partial charge < -0.3 is 9.88 Å². The Morgan fingerprint density at radius 3 is 2.64 bits per heavy atom. The van der Waals surface area contributed by atoms with Gasteiger partial charge in [0, 0.05) is 18.3 Å². The summed E-state index contributed by atoms with van der Waals surface area (Å²) in [5, 5.41) is 3.18. The number of rotatable bonds is 5. The van der Waals surface area contributed by atoms with Crippen molar-refractivity contribution in [3.05, 3.63) is 57.9 Å². The van der Waals surface area contributed by atoms with Gasteiger partial charge in [-0.2, -0.15) is 0 Å². The number of nitrogens with one attached hydrogen (secondary N) is 1. The van der Waals surface area contributed by atoms with E-state index in [1.54, 1.807) is 0 Å². The average molecular weight is 338 g/mol. The number of aryl methyl sites for hydroxylation is 1. The fourth-order valence-electron chi connectivity index (χ4n) is 3.89. The highest BCUT2D eigenvalue weighted by Gasteiger charge is 2.26. The Morgan fingerprint density at radius 1 is 1.20 bits per heavy atom. The molecule has 0 fully saturated rings. The number of fused-ring (bicyclic) bond motifs is 1. The van der Waals surface area contributed by atoms with Gasteiger partial charge in [-0.1, -0.05) is 31.2 Å². The summed E-state index contributed by atoms with van der Waals surface area (Å²) >= 11 is 0. The van der Waals surface area contributed by atoms with Crippen molar-refractivity contribution in [2.75, 3.05) is 0 Å². The molecule has 1 aromatic heterocycles. The molecule has 3 heteroatoms. The maximum atomic E-state index is 13.0. The molecule has 0 spiro atoms. The third-order valence-electron chi connectivity index (χ3n) is 5.64. The summed E-state index contributed by atoms with van der Waals surface area (Å²) < 4.78 is 2.30. The molecule has 134 valence electrons. The zero-order valence-electron chi connectivity index (χ0n) is 16.0. The second-order valence-corrected chi connectivity index (χ2v) is 7.40. The van der Waals surface area contributed by atoms with E-state index in [9.17, 15) is 4.79 Å². The van der Waals surface area contributed by atoms with Crippen molar-refractivity contribution in [1.82, 2.24) is 9.88 Å². The Labute approximate surface area is 151 Å². The molecule has 3 rings (SSSR count). The van der Waals surface area contributed by atoms with Gasteiger partial charge in [-0.3, -0.25) is 4.79 Å². The lowest BCUT2D eigenvalue weighted by Gasteiger charge is -2.19. The fraction of sp³-hybridized carbons (Fsp3) is 0.500. The summed E-state index contributed by atoms with van der Waals surface area (Å²) in [7, 11) is 0. The molecule has 1 atom stereocenters. The van der Waals surface area contributed by atoms with Gasteiger partial charge in [0.25, 0.3) is 5.91 Å². The molecule has 0 radical (unpaired) electrons. The van der Waals surface area contributed by atoms with Crippen molar-refractivity contribution < 1.29 is 4.79 Å². The number of amides is 1. The van der Waals surface area contributed by atoms with E-state index >= 15 is 0 Å². The Kier molecular flexibility index (Phi) is 5.31. The van der Waals surface area contributed by atoms with E-state index in [1.165, 1.54) is 40.8 Å². The molecule has 2 aromatic rings. The van der Waals surface area contributed by atoms with Crippen molar-refractivity contribution in [3.8, 4) is 0 Å². The van der Waals surface area contributed by atoms with Gasteiger partial charge in [0.05, 0.1) is 0 Å². The summed E-state index contributed by atoms with van der Waals surface area (Å²) in [6.45, 7) is 9.24. The average Bonchev–Trinajstić information content (AvgIpc) is 2.89. The van der Waals surface area contributed by atoms with Crippen molar-refractivity contribution in [2.45, 2.75) is 72.4 Å². The Morgan fingerprint density at radius 2 is 1.92 bits per heavy atom. The Bertz CT molecular complexity index is 773. The zero-order chi connectivity index (χ0) is 18.0. The second-order valence-electron chi connectivity index (χ2n) is 7.40. The number of benzene rings is 1. The lowest BCUT2D eigenvalue weighted by Crippen LogP contribution is -2.34. The van der Waals surface area contributed by atoms with Crippen LogP contribution in [0, 0.1) is 13.8 Å². The third-order valence-corrected chi connectivity index (χ3v) is 5.64. The van der Waals surface area contributed by atoms with Crippen LogP contribution in [0.1, 0.15) is 71.5 Å². The van der Waals surface area contributed by atoms with Crippen LogP contribution in [-0.4, -0.2) is 16.5 Å². The monoisotopic (exact) mass is 338 g/mol. The highest BCUT2D eigenvalue weighted by molar-refractivity contribution is 5.95. The quantitative estimate of drug-likeness (QED) is 0.852. The van der Waals surface area contributed by atoms with Gasteiger partial charge in [0.15, 0.2) is 0 Å². The molecule has 1 amide bonds. The number of carbonyl (C=O) groups is 1. The first-order valence-electron chi connectivity index (χ1n) is 9.59. The molecule has 0 saturated carbocycles. The van der Waals surface area contributed by atoms with Crippen molar-refractivity contribution in [3.63, 3.8) is 0 Å². The smallest absolute Gasteiger partial charge is 0.268 e. The normalized spacial score (nSPS) is 14.9. The first-order chi connectivity index (χ1) is 12.0. The maximum absolute atomic E-state index is 13.0. The van der Waals surface area contributed by atoms with Gasteiger partial charge in [0.1, 0.15) is 5.69 Å². The van der Waals surface area contributed by atoms with E-state index in [0.29, 0.717) is 0 Å². The van der Waals surface area contributed by atoms with Gasteiger partial charge in [-0.15, -0.1) is 0 Å². The minimum atomic E-state index is 0.0786. The molecule has 0 saturated heterocycles. The first-order valence-corrected chi connectivity index (χ1v) is 9.59. The molecule has 0 aliphatic heterocycles. The van der Waals surface area contributed by atoms with Crippen LogP contribution in [0.2, 0.25) is 0 Å². The molecule has 3 nitrogen and oxygen atoms in total. The van der Waals surface area contributed by atoms with E-state index < -0.39 is 0 Å². The van der Waals surface area contributed by atoms with Crippen LogP contribution in [0.15, 0.2) is 24.3 Å². The second kappa shape index (κ2) is 7.47. The van der Waals surface area contributed by atoms with Crippen molar-refractivity contribution in [2.24, 2.45) is 0 Å². The summed E-state index contributed by atoms with van der Waals surface area (Å²) in [5.74, 6) is 0.0786. The van der Waals surface area contributed by atoms with Crippen LogP contribution in [-0.2, 0) is 19.4 Å². The third kappa shape index (κ3) is 3.51. The SMILES string of the molecule is CC[C@@H](C)NC(=O)c1c(C)c2c(n1Cc1ccccc1C)CCCC2. The molecule has 1 aliphatic rings. The molecular formula is C22H30N2O. The summed E-state index contributed by atoms with van der Waals surface area (Å²) in [4.78, 5) is 13.0. The van der Waals surface area contributed by atoms with E-state index in [0.717, 1.165) is 31.5 Å². The summed E-state index contributed by atoms with van der Waals surface area (Å²) in [6, 6.07) is 8.69. The standard InChI is InChI=1S/C22H30N2O/c1-5-16(3)23-22(25)21-17(4)19-12-8-9-13-20(19)24(21)14-18-11-7-6-10-15(18)2/h6-7,10-11,16H,5,8-9,12-14H2,1-4H3,(H,23,25)/t16-/m1/s1. The number of nitrogens with zero attached hydrogens (tertiary/aromatic N) is 1. The lowest BCUT2D eigenvalue weighted by molar-refractivity contribution is 0.0929. The van der Waals surface area contributed by atoms with Crippen LogP contribution in [0.5, 0.6) is 0 Å². The molecule has 1 aromatic carbocycles. The fourth-order valence-corrected chi connectivity index (χ4v) is 3.89. The number of hydrogen-bond donors (Lipinski definition) is 1. The molecule has 25 heavy (non-hydrogen) atoms. The van der Waals surface area contributed by atoms with Crippen LogP contribution in [0.3, 0.4) is 0 Å². The molecule has 0 bridgehead atoms. The van der Waals surface area contributed by atoms with Gasteiger partial charge in [0.2, 0.25) is 0 Å². The lowest BCUT2D eigenvalue weighted by atomic mass is 9.95. The van der Waals surface area contributed by atoms with Gasteiger partial charge in [-0.05, 0) is 75.1 Å². The molecule has 0 unspecified atom stereocenters. The van der Waals surface area contributed by atoms with Crippen LogP contribution in [0.4, 0.5) is 0 Å². The predicted molar refractivity (Wildman–Crippen MR) is 103 cm³/mol. The van der Waals surface area contributed by atoms with Crippen LogP contribution in [0.25, 0.3) is 0 Å². The minimum Gasteiger partial charge on any atom is -0.348 e. The van der Waals surface area contributed by atoms with Gasteiger partial charge >= 0.3 is 0 Å². The highest BCUT2D eigenvalue weighted by Crippen LogP contribution is 2.31. The van der Waals surface area contributed by atoms with E-state index in [2.05, 4.69) is 61.8 Å². The van der Waals surface area contributed by atoms with E-state index in [1.807, 2.05) is 0 Å². The Balaban J connectivity index is 2.05. The first kappa shape index (κ1) is 17.8. The number of aromatic nitrogens is 1. The van der Waals surface area contributed by atoms with Gasteiger partial charge in [-0.25, -0.2) is 0 Å². The molecule has 1 heterocycles.